The predicted molar refractivity (Wildman–Crippen MR) is 76.5 cm³/mol. The van der Waals surface area contributed by atoms with Gasteiger partial charge in [-0.2, -0.15) is 0 Å². The van der Waals surface area contributed by atoms with Gasteiger partial charge < -0.3 is 0 Å². The maximum absolute atomic E-state index is 3.70. The zero-order valence-corrected chi connectivity index (χ0v) is 11.3. The molecule has 0 aromatic carbocycles. The minimum absolute atomic E-state index is 0.920. The molecule has 0 aliphatic rings. The van der Waals surface area contributed by atoms with Crippen molar-refractivity contribution in [2.75, 3.05) is 0 Å². The third-order valence-electron chi connectivity index (χ3n) is 1.44. The van der Waals surface area contributed by atoms with E-state index in [9.17, 15) is 0 Å². The maximum atomic E-state index is 3.70. The largest absolute Gasteiger partial charge is 0.288 e. The van der Waals surface area contributed by atoms with Crippen molar-refractivity contribution in [3.05, 3.63) is 56.2 Å². The number of allylic oxidation sites excluding steroid dienone is 6. The third-order valence-corrected chi connectivity index (χ3v) is 1.44. The lowest BCUT2D eigenvalue weighted by Crippen LogP contribution is -1.88. The predicted octanol–water partition coefficient (Wildman–Crippen LogP) is 4.10. The van der Waals surface area contributed by atoms with Crippen LogP contribution in [0.2, 0.25) is 0 Å². The quantitative estimate of drug-likeness (QED) is 0.733. The zero-order chi connectivity index (χ0) is 13.5. The lowest BCUT2D eigenvalue weighted by atomic mass is 10.3. The Hall–Kier alpha value is -1.90. The van der Waals surface area contributed by atoms with Crippen LogP contribution >= 0.6 is 0 Å². The molecule has 0 bridgehead atoms. The summed E-state index contributed by atoms with van der Waals surface area (Å²) < 4.78 is 1.78. The topological polar surface area (TPSA) is 30.7 Å². The molecular formula is C14H23N3. The summed E-state index contributed by atoms with van der Waals surface area (Å²) in [6.45, 7) is 15.3. The highest BCUT2D eigenvalue weighted by atomic mass is 15.2. The number of hydrogen-bond donors (Lipinski definition) is 0. The minimum Gasteiger partial charge on any atom is -0.288 e. The normalized spacial score (nSPS) is 9.76. The molecule has 1 aromatic rings. The second kappa shape index (κ2) is 14.1. The maximum Gasteiger partial charge on any atom is 0.123 e. The van der Waals surface area contributed by atoms with E-state index in [2.05, 4.69) is 23.4 Å². The van der Waals surface area contributed by atoms with Crippen LogP contribution in [0.5, 0.6) is 0 Å². The van der Waals surface area contributed by atoms with E-state index in [0.717, 1.165) is 5.70 Å². The van der Waals surface area contributed by atoms with E-state index in [1.807, 2.05) is 45.9 Å². The van der Waals surface area contributed by atoms with Crippen LogP contribution in [-0.2, 0) is 0 Å². The average Bonchev–Trinajstić information content (AvgIpc) is 2.93. The fourth-order valence-electron chi connectivity index (χ4n) is 0.826. The molecular weight excluding hydrogens is 210 g/mol. The van der Waals surface area contributed by atoms with Gasteiger partial charge >= 0.3 is 0 Å². The fourth-order valence-corrected chi connectivity index (χ4v) is 0.826. The van der Waals surface area contributed by atoms with Gasteiger partial charge in [-0.3, -0.25) is 4.57 Å². The average molecular weight is 233 g/mol. The van der Waals surface area contributed by atoms with Gasteiger partial charge in [0.2, 0.25) is 0 Å². The molecule has 3 nitrogen and oxygen atoms in total. The molecule has 3 heteroatoms. The molecule has 1 rings (SSSR count). The molecule has 0 N–H and O–H groups in total. The van der Waals surface area contributed by atoms with E-state index in [1.165, 1.54) is 0 Å². The molecule has 0 radical (unpaired) electrons. The summed E-state index contributed by atoms with van der Waals surface area (Å²) in [7, 11) is 0. The molecule has 0 saturated heterocycles. The Morgan fingerprint density at radius 2 is 1.53 bits per heavy atom. The van der Waals surface area contributed by atoms with Crippen LogP contribution in [0.15, 0.2) is 56.2 Å². The molecule has 1 aromatic heterocycles. The molecule has 0 amide bonds. The van der Waals surface area contributed by atoms with Gasteiger partial charge in [0, 0.05) is 5.70 Å². The Morgan fingerprint density at radius 3 is 1.94 bits per heavy atom. The molecule has 94 valence electrons. The first-order valence-electron chi connectivity index (χ1n) is 5.85. The SMILES string of the molecule is C=C/C=C\C=C(/C=C)n1cnnc1.CC.CC. The Morgan fingerprint density at radius 1 is 1.00 bits per heavy atom. The Balaban J connectivity index is 0. The summed E-state index contributed by atoms with van der Waals surface area (Å²) in [6, 6.07) is 0. The second-order valence-corrected chi connectivity index (χ2v) is 2.29. The molecule has 0 aliphatic carbocycles. The van der Waals surface area contributed by atoms with E-state index in [0.29, 0.717) is 0 Å². The van der Waals surface area contributed by atoms with Crippen molar-refractivity contribution in [1.82, 2.24) is 14.8 Å². The summed E-state index contributed by atoms with van der Waals surface area (Å²) in [5.74, 6) is 0. The minimum atomic E-state index is 0.920. The van der Waals surface area contributed by atoms with Crippen LogP contribution in [-0.4, -0.2) is 14.8 Å². The second-order valence-electron chi connectivity index (χ2n) is 2.29. The van der Waals surface area contributed by atoms with Crippen LogP contribution in [0, 0.1) is 0 Å². The fraction of sp³-hybridized carbons (Fsp3) is 0.286. The lowest BCUT2D eigenvalue weighted by molar-refractivity contribution is 1.09. The number of rotatable bonds is 4. The van der Waals surface area contributed by atoms with Gasteiger partial charge in [-0.15, -0.1) is 10.2 Å². The van der Waals surface area contributed by atoms with E-state index < -0.39 is 0 Å². The van der Waals surface area contributed by atoms with E-state index in [1.54, 1.807) is 29.4 Å². The standard InChI is InChI=1S/C10H11N3.2C2H6/c1-3-5-6-7-10(4-2)13-8-11-12-9-13;2*1-2/h3-9H,1-2H2;2*1-2H3/b6-5-,10-7+;;. The van der Waals surface area contributed by atoms with Crippen molar-refractivity contribution in [2.24, 2.45) is 0 Å². The van der Waals surface area contributed by atoms with Gasteiger partial charge in [0.25, 0.3) is 0 Å². The van der Waals surface area contributed by atoms with Gasteiger partial charge in [0.15, 0.2) is 0 Å². The van der Waals surface area contributed by atoms with E-state index in [4.69, 9.17) is 0 Å². The van der Waals surface area contributed by atoms with Gasteiger partial charge in [-0.1, -0.05) is 59.1 Å². The van der Waals surface area contributed by atoms with Crippen molar-refractivity contribution in [1.29, 1.82) is 0 Å². The molecule has 1 heterocycles. The van der Waals surface area contributed by atoms with Gasteiger partial charge in [-0.25, -0.2) is 0 Å². The van der Waals surface area contributed by atoms with Crippen molar-refractivity contribution in [3.63, 3.8) is 0 Å². The Bertz CT molecular complexity index is 332. The Kier molecular flexibility index (Phi) is 14.5. The highest BCUT2D eigenvalue weighted by molar-refractivity contribution is 5.57. The third kappa shape index (κ3) is 7.96. The molecule has 0 aliphatic heterocycles. The van der Waals surface area contributed by atoms with Gasteiger partial charge in [-0.05, 0) is 12.2 Å². The van der Waals surface area contributed by atoms with Crippen molar-refractivity contribution < 1.29 is 0 Å². The first kappa shape index (κ1) is 17.5. The molecule has 0 spiro atoms. The molecule has 0 fully saturated rings. The Labute approximate surface area is 105 Å². The number of hydrogen-bond acceptors (Lipinski definition) is 2. The van der Waals surface area contributed by atoms with Gasteiger partial charge in [0.05, 0.1) is 0 Å². The number of aromatic nitrogens is 3. The molecule has 0 atom stereocenters. The zero-order valence-electron chi connectivity index (χ0n) is 11.3. The summed E-state index contributed by atoms with van der Waals surface area (Å²) >= 11 is 0. The van der Waals surface area contributed by atoms with Crippen LogP contribution < -0.4 is 0 Å². The molecule has 17 heavy (non-hydrogen) atoms. The first-order chi connectivity index (χ1) is 8.38. The van der Waals surface area contributed by atoms with Crippen molar-refractivity contribution in [2.45, 2.75) is 27.7 Å². The summed E-state index contributed by atoms with van der Waals surface area (Å²) in [4.78, 5) is 0. The highest BCUT2D eigenvalue weighted by Crippen LogP contribution is 2.03. The smallest absolute Gasteiger partial charge is 0.123 e. The molecule has 0 unspecified atom stereocenters. The molecule has 0 saturated carbocycles. The summed E-state index contributed by atoms with van der Waals surface area (Å²) in [5.41, 5.74) is 0.920. The van der Waals surface area contributed by atoms with Crippen molar-refractivity contribution in [3.8, 4) is 0 Å². The van der Waals surface area contributed by atoms with Crippen LogP contribution in [0.3, 0.4) is 0 Å². The van der Waals surface area contributed by atoms with Crippen LogP contribution in [0.1, 0.15) is 27.7 Å². The van der Waals surface area contributed by atoms with Crippen LogP contribution in [0.25, 0.3) is 5.70 Å². The highest BCUT2D eigenvalue weighted by Gasteiger charge is 1.91. The van der Waals surface area contributed by atoms with Gasteiger partial charge in [0.1, 0.15) is 12.7 Å². The first-order valence-corrected chi connectivity index (χ1v) is 5.85. The summed E-state index contributed by atoms with van der Waals surface area (Å²) in [5, 5.41) is 7.40. The van der Waals surface area contributed by atoms with E-state index in [-0.39, 0.29) is 0 Å². The van der Waals surface area contributed by atoms with Crippen molar-refractivity contribution >= 4 is 5.70 Å². The van der Waals surface area contributed by atoms with E-state index >= 15 is 0 Å². The van der Waals surface area contributed by atoms with Crippen LogP contribution in [0.4, 0.5) is 0 Å². The number of nitrogens with zero attached hydrogens (tertiary/aromatic N) is 3. The monoisotopic (exact) mass is 233 g/mol. The summed E-state index contributed by atoms with van der Waals surface area (Å²) in [6.07, 6.45) is 12.3. The lowest BCUT2D eigenvalue weighted by Gasteiger charge is -1.98.